The Kier molecular flexibility index (Phi) is 4.74. The fraction of sp³-hybridized carbons (Fsp3) is 0.500. The number of fused-ring (bicyclic) bond motifs is 1. The zero-order valence-corrected chi connectivity index (χ0v) is 15.9. The van der Waals surface area contributed by atoms with Gasteiger partial charge in [0.15, 0.2) is 0 Å². The highest BCUT2D eigenvalue weighted by Gasteiger charge is 2.45. The fourth-order valence-corrected chi connectivity index (χ4v) is 5.67. The molecule has 1 aliphatic heterocycles. The number of aliphatic hydroxyl groups is 1. The monoisotopic (exact) mass is 363 g/mol. The second kappa shape index (κ2) is 6.55. The highest BCUT2D eigenvalue weighted by atomic mass is 32.2. The smallest absolute Gasteiger partial charge is 0.244 e. The van der Waals surface area contributed by atoms with E-state index in [-0.39, 0.29) is 10.9 Å². The molecule has 7 heteroatoms. The summed E-state index contributed by atoms with van der Waals surface area (Å²) < 4.78 is 29.5. The van der Waals surface area contributed by atoms with Gasteiger partial charge in [0.1, 0.15) is 0 Å². The van der Waals surface area contributed by atoms with Crippen LogP contribution in [0.25, 0.3) is 0 Å². The third-order valence-corrected chi connectivity index (χ3v) is 6.97. The molecule has 136 valence electrons. The summed E-state index contributed by atoms with van der Waals surface area (Å²) in [6, 6.07) is 5.93. The quantitative estimate of drug-likeness (QED) is 0.904. The number of benzene rings is 1. The van der Waals surface area contributed by atoms with Crippen LogP contribution in [0.4, 0.5) is 0 Å². The van der Waals surface area contributed by atoms with E-state index in [1.165, 1.54) is 4.31 Å². The Balaban J connectivity index is 2.09. The predicted octanol–water partition coefficient (Wildman–Crippen LogP) is 2.27. The van der Waals surface area contributed by atoms with Gasteiger partial charge in [-0.2, -0.15) is 9.40 Å². The maximum atomic E-state index is 13.1. The first kappa shape index (κ1) is 18.1. The van der Waals surface area contributed by atoms with Crippen LogP contribution in [0.3, 0.4) is 0 Å². The summed E-state index contributed by atoms with van der Waals surface area (Å²) in [5, 5.41) is 15.4. The molecule has 0 bridgehead atoms. The second-order valence-corrected chi connectivity index (χ2v) is 8.59. The van der Waals surface area contributed by atoms with E-state index in [0.717, 1.165) is 17.8 Å². The highest BCUT2D eigenvalue weighted by molar-refractivity contribution is 7.89. The molecule has 0 aliphatic carbocycles. The Morgan fingerprint density at radius 1 is 1.28 bits per heavy atom. The SMILES string of the molecule is CCn1cc(C[C@@H]2[C@H](O)c3ccccc3S(=O)(=O)N2C(C)C)c(C)n1. The highest BCUT2D eigenvalue weighted by Crippen LogP contribution is 2.39. The number of nitrogens with zero attached hydrogens (tertiary/aromatic N) is 3. The van der Waals surface area contributed by atoms with Crippen molar-refractivity contribution in [1.82, 2.24) is 14.1 Å². The van der Waals surface area contributed by atoms with Gasteiger partial charge in [-0.25, -0.2) is 8.42 Å². The molecule has 6 nitrogen and oxygen atoms in total. The third kappa shape index (κ3) is 3.01. The number of aryl methyl sites for hydroxylation is 2. The summed E-state index contributed by atoms with van der Waals surface area (Å²) in [5.41, 5.74) is 2.31. The minimum absolute atomic E-state index is 0.202. The lowest BCUT2D eigenvalue weighted by Gasteiger charge is -2.41. The molecule has 0 saturated carbocycles. The van der Waals surface area contributed by atoms with Crippen molar-refractivity contribution in [3.05, 3.63) is 47.3 Å². The third-order valence-electron chi connectivity index (χ3n) is 4.79. The first-order valence-corrected chi connectivity index (χ1v) is 10.0. The molecule has 25 heavy (non-hydrogen) atoms. The average Bonchev–Trinajstić information content (AvgIpc) is 2.92. The first-order chi connectivity index (χ1) is 11.8. The normalized spacial score (nSPS) is 23.0. The van der Waals surface area contributed by atoms with E-state index in [0.29, 0.717) is 12.0 Å². The van der Waals surface area contributed by atoms with Crippen molar-refractivity contribution in [2.75, 3.05) is 0 Å². The first-order valence-electron chi connectivity index (χ1n) is 8.60. The molecular weight excluding hydrogens is 338 g/mol. The minimum Gasteiger partial charge on any atom is -0.387 e. The van der Waals surface area contributed by atoms with Crippen molar-refractivity contribution in [2.45, 2.75) is 63.7 Å². The van der Waals surface area contributed by atoms with E-state index in [4.69, 9.17) is 0 Å². The molecule has 2 atom stereocenters. The molecule has 2 heterocycles. The van der Waals surface area contributed by atoms with Gasteiger partial charge >= 0.3 is 0 Å². The summed E-state index contributed by atoms with van der Waals surface area (Å²) in [7, 11) is -3.65. The van der Waals surface area contributed by atoms with Crippen molar-refractivity contribution < 1.29 is 13.5 Å². The molecule has 0 spiro atoms. The van der Waals surface area contributed by atoms with E-state index in [1.807, 2.05) is 38.6 Å². The van der Waals surface area contributed by atoms with Crippen LogP contribution in [0.1, 0.15) is 43.7 Å². The molecule has 0 amide bonds. The van der Waals surface area contributed by atoms with E-state index >= 15 is 0 Å². The van der Waals surface area contributed by atoms with E-state index < -0.39 is 22.2 Å². The van der Waals surface area contributed by atoms with Gasteiger partial charge in [-0.1, -0.05) is 18.2 Å². The second-order valence-electron chi connectivity index (χ2n) is 6.78. The van der Waals surface area contributed by atoms with Gasteiger partial charge in [0.05, 0.1) is 22.7 Å². The summed E-state index contributed by atoms with van der Waals surface area (Å²) >= 11 is 0. The number of hydrogen-bond acceptors (Lipinski definition) is 4. The fourth-order valence-electron chi connectivity index (χ4n) is 3.61. The number of hydrogen-bond donors (Lipinski definition) is 1. The predicted molar refractivity (Wildman–Crippen MR) is 95.7 cm³/mol. The Hall–Kier alpha value is -1.70. The van der Waals surface area contributed by atoms with Gasteiger partial charge in [-0.3, -0.25) is 4.68 Å². The number of sulfonamides is 1. The molecule has 0 saturated heterocycles. The molecule has 3 rings (SSSR count). The van der Waals surface area contributed by atoms with Gasteiger partial charge in [0.25, 0.3) is 0 Å². The maximum Gasteiger partial charge on any atom is 0.244 e. The average molecular weight is 363 g/mol. The van der Waals surface area contributed by atoms with Crippen LogP contribution < -0.4 is 0 Å². The zero-order chi connectivity index (χ0) is 18.4. The molecule has 1 N–H and O–H groups in total. The van der Waals surface area contributed by atoms with E-state index in [1.54, 1.807) is 24.3 Å². The van der Waals surface area contributed by atoms with Crippen LogP contribution in [0.5, 0.6) is 0 Å². The van der Waals surface area contributed by atoms with Crippen molar-refractivity contribution >= 4 is 10.0 Å². The van der Waals surface area contributed by atoms with Crippen LogP contribution in [-0.4, -0.2) is 39.7 Å². The minimum atomic E-state index is -3.65. The standard InChI is InChI=1S/C18H25N3O3S/c1-5-20-11-14(13(4)19-20)10-16-18(22)15-8-6-7-9-17(15)25(23,24)21(16)12(2)3/h6-9,11-12,16,18,22H,5,10H2,1-4H3/t16-,18-/m1/s1. The Morgan fingerprint density at radius 2 is 1.96 bits per heavy atom. The molecule has 0 fully saturated rings. The molecule has 2 aromatic rings. The van der Waals surface area contributed by atoms with Crippen LogP contribution in [0, 0.1) is 6.92 Å². The summed E-state index contributed by atoms with van der Waals surface area (Å²) in [6.45, 7) is 8.36. The van der Waals surface area contributed by atoms with Gasteiger partial charge in [-0.05, 0) is 45.7 Å². The largest absolute Gasteiger partial charge is 0.387 e. The number of rotatable bonds is 4. The van der Waals surface area contributed by atoms with E-state index in [2.05, 4.69) is 5.10 Å². The zero-order valence-electron chi connectivity index (χ0n) is 15.0. The van der Waals surface area contributed by atoms with Gasteiger partial charge < -0.3 is 5.11 Å². The van der Waals surface area contributed by atoms with Crippen molar-refractivity contribution in [2.24, 2.45) is 0 Å². The number of aromatic nitrogens is 2. The van der Waals surface area contributed by atoms with Gasteiger partial charge in [-0.15, -0.1) is 0 Å². The molecular formula is C18H25N3O3S. The maximum absolute atomic E-state index is 13.1. The lowest BCUT2D eigenvalue weighted by molar-refractivity contribution is 0.0684. The topological polar surface area (TPSA) is 75.4 Å². The Morgan fingerprint density at radius 3 is 2.56 bits per heavy atom. The van der Waals surface area contributed by atoms with Crippen LogP contribution in [-0.2, 0) is 23.0 Å². The molecule has 1 aliphatic rings. The van der Waals surface area contributed by atoms with Crippen LogP contribution in [0.2, 0.25) is 0 Å². The van der Waals surface area contributed by atoms with Crippen LogP contribution >= 0.6 is 0 Å². The summed E-state index contributed by atoms with van der Waals surface area (Å²) in [6.07, 6.45) is 1.50. The Bertz CT molecular complexity index is 873. The number of aliphatic hydroxyl groups excluding tert-OH is 1. The summed E-state index contributed by atoms with van der Waals surface area (Å²) in [5.74, 6) is 0. The van der Waals surface area contributed by atoms with E-state index in [9.17, 15) is 13.5 Å². The molecule has 0 radical (unpaired) electrons. The Labute approximate surface area is 149 Å². The molecule has 0 unspecified atom stereocenters. The lowest BCUT2D eigenvalue weighted by Crippen LogP contribution is -2.52. The van der Waals surface area contributed by atoms with Gasteiger partial charge in [0.2, 0.25) is 10.0 Å². The van der Waals surface area contributed by atoms with Crippen LogP contribution in [0.15, 0.2) is 35.4 Å². The van der Waals surface area contributed by atoms with Crippen molar-refractivity contribution in [1.29, 1.82) is 0 Å². The summed E-state index contributed by atoms with van der Waals surface area (Å²) in [4.78, 5) is 0.202. The molecule has 1 aromatic carbocycles. The van der Waals surface area contributed by atoms with Crippen molar-refractivity contribution in [3.8, 4) is 0 Å². The van der Waals surface area contributed by atoms with Gasteiger partial charge in [0, 0.05) is 24.3 Å². The lowest BCUT2D eigenvalue weighted by atomic mass is 9.95. The van der Waals surface area contributed by atoms with Crippen molar-refractivity contribution in [3.63, 3.8) is 0 Å². The molecule has 1 aromatic heterocycles.